The normalized spacial score (nSPS) is 18.6. The van der Waals surface area contributed by atoms with Gasteiger partial charge in [-0.1, -0.05) is 35.4 Å². The number of thiophene rings is 1. The third kappa shape index (κ3) is 5.50. The van der Waals surface area contributed by atoms with Gasteiger partial charge in [0, 0.05) is 42.6 Å². The minimum atomic E-state index is -3.48. The molecule has 1 fully saturated rings. The number of sulfonamides is 1. The van der Waals surface area contributed by atoms with Gasteiger partial charge in [0.05, 0.1) is 23.6 Å². The van der Waals surface area contributed by atoms with Gasteiger partial charge in [-0.3, -0.25) is 4.90 Å². The summed E-state index contributed by atoms with van der Waals surface area (Å²) in [6.45, 7) is 4.80. The highest BCUT2D eigenvalue weighted by Crippen LogP contribution is 2.43. The minimum absolute atomic E-state index is 0.357. The zero-order valence-electron chi connectivity index (χ0n) is 22.8. The number of halogens is 1. The Morgan fingerprint density at radius 2 is 1.88 bits per heavy atom. The van der Waals surface area contributed by atoms with Crippen LogP contribution in [-0.2, 0) is 29.4 Å². The standard InChI is InChI=1S/C30H33ClN4O3S2/c1-20-6-9-23(10-7-20)40(36,37)35-14-12-34(13-15-35)19-28-32-18-25-24-5-3-4-22(29(24)39-30(25)33-28)16-21-8-11-27(38-2)26(31)17-21/h6-11,17-18,22H,3-5,12-16,19H2,1-2H3. The van der Waals surface area contributed by atoms with Crippen LogP contribution in [-0.4, -0.2) is 60.9 Å². The summed E-state index contributed by atoms with van der Waals surface area (Å²) in [5.41, 5.74) is 3.67. The molecule has 6 rings (SSSR count). The number of piperazine rings is 1. The van der Waals surface area contributed by atoms with E-state index >= 15 is 0 Å². The largest absolute Gasteiger partial charge is 0.495 e. The van der Waals surface area contributed by atoms with E-state index in [1.54, 1.807) is 34.9 Å². The SMILES string of the molecule is COc1ccc(CC2CCCc3c2sc2nc(CN4CCN(S(=O)(=O)c5ccc(C)cc5)CC4)ncc32)cc1Cl. The molecule has 2 aromatic carbocycles. The molecule has 0 amide bonds. The molecule has 4 aromatic rings. The molecule has 1 atom stereocenters. The Labute approximate surface area is 244 Å². The molecular formula is C30H33ClN4O3S2. The van der Waals surface area contributed by atoms with Crippen molar-refractivity contribution in [3.63, 3.8) is 0 Å². The fourth-order valence-electron chi connectivity index (χ4n) is 5.81. The van der Waals surface area contributed by atoms with Gasteiger partial charge in [0.2, 0.25) is 10.0 Å². The van der Waals surface area contributed by atoms with Crippen LogP contribution in [0.15, 0.2) is 53.6 Å². The maximum atomic E-state index is 13.1. The van der Waals surface area contributed by atoms with Crippen LogP contribution in [0.5, 0.6) is 5.75 Å². The predicted molar refractivity (Wildman–Crippen MR) is 160 cm³/mol. The number of fused-ring (bicyclic) bond motifs is 3. The number of ether oxygens (including phenoxy) is 1. The van der Waals surface area contributed by atoms with Crippen molar-refractivity contribution in [1.82, 2.24) is 19.2 Å². The van der Waals surface area contributed by atoms with E-state index in [1.807, 2.05) is 37.4 Å². The summed E-state index contributed by atoms with van der Waals surface area (Å²) in [7, 11) is -1.84. The van der Waals surface area contributed by atoms with E-state index in [2.05, 4.69) is 11.0 Å². The first kappa shape index (κ1) is 27.6. The van der Waals surface area contributed by atoms with E-state index in [0.717, 1.165) is 41.9 Å². The Morgan fingerprint density at radius 1 is 1.10 bits per heavy atom. The molecular weight excluding hydrogens is 564 g/mol. The Kier molecular flexibility index (Phi) is 7.85. The maximum Gasteiger partial charge on any atom is 0.243 e. The summed E-state index contributed by atoms with van der Waals surface area (Å²) in [5.74, 6) is 1.94. The molecule has 2 aromatic heterocycles. The van der Waals surface area contributed by atoms with Gasteiger partial charge < -0.3 is 4.74 Å². The van der Waals surface area contributed by atoms with Crippen molar-refractivity contribution < 1.29 is 13.2 Å². The quantitative estimate of drug-likeness (QED) is 0.267. The molecule has 0 saturated carbocycles. The lowest BCUT2D eigenvalue weighted by Crippen LogP contribution is -2.48. The average Bonchev–Trinajstić information content (AvgIpc) is 3.33. The van der Waals surface area contributed by atoms with Gasteiger partial charge in [0.25, 0.3) is 0 Å². The summed E-state index contributed by atoms with van der Waals surface area (Å²) in [5, 5.41) is 1.83. The molecule has 40 heavy (non-hydrogen) atoms. The number of rotatable bonds is 7. The Bertz CT molecular complexity index is 1630. The minimum Gasteiger partial charge on any atom is -0.495 e. The fraction of sp³-hybridized carbons (Fsp3) is 0.400. The molecule has 1 aliphatic heterocycles. The number of hydrogen-bond acceptors (Lipinski definition) is 7. The molecule has 1 unspecified atom stereocenters. The lowest BCUT2D eigenvalue weighted by Gasteiger charge is -2.33. The van der Waals surface area contributed by atoms with Crippen LogP contribution in [0, 0.1) is 6.92 Å². The Morgan fingerprint density at radius 3 is 2.60 bits per heavy atom. The second kappa shape index (κ2) is 11.4. The van der Waals surface area contributed by atoms with Crippen LogP contribution in [0.25, 0.3) is 10.2 Å². The smallest absolute Gasteiger partial charge is 0.243 e. The van der Waals surface area contributed by atoms with Crippen molar-refractivity contribution in [1.29, 1.82) is 0 Å². The lowest BCUT2D eigenvalue weighted by atomic mass is 9.84. The second-order valence-electron chi connectivity index (χ2n) is 10.7. The van der Waals surface area contributed by atoms with Crippen LogP contribution < -0.4 is 4.74 Å². The number of nitrogens with zero attached hydrogens (tertiary/aromatic N) is 4. The summed E-state index contributed by atoms with van der Waals surface area (Å²) in [4.78, 5) is 14.8. The topological polar surface area (TPSA) is 75.6 Å². The van der Waals surface area contributed by atoms with E-state index in [1.165, 1.54) is 21.4 Å². The van der Waals surface area contributed by atoms with Crippen molar-refractivity contribution >= 4 is 43.2 Å². The number of aromatic nitrogens is 2. The molecule has 1 aliphatic carbocycles. The van der Waals surface area contributed by atoms with E-state index in [9.17, 15) is 8.42 Å². The lowest BCUT2D eigenvalue weighted by molar-refractivity contribution is 0.178. The first-order valence-corrected chi connectivity index (χ1v) is 16.3. The molecule has 210 valence electrons. The van der Waals surface area contributed by atoms with Crippen molar-refractivity contribution in [3.05, 3.63) is 81.1 Å². The molecule has 10 heteroatoms. The molecule has 1 saturated heterocycles. The van der Waals surface area contributed by atoms with E-state index in [4.69, 9.17) is 26.3 Å². The third-order valence-electron chi connectivity index (χ3n) is 8.04. The van der Waals surface area contributed by atoms with Crippen molar-refractivity contribution in [2.75, 3.05) is 33.3 Å². The molecule has 0 bridgehead atoms. The summed E-state index contributed by atoms with van der Waals surface area (Å²) in [6, 6.07) is 13.1. The van der Waals surface area contributed by atoms with Crippen LogP contribution >= 0.6 is 22.9 Å². The molecule has 3 heterocycles. The van der Waals surface area contributed by atoms with Crippen molar-refractivity contribution in [2.45, 2.75) is 50.0 Å². The second-order valence-corrected chi connectivity index (χ2v) is 14.1. The molecule has 0 spiro atoms. The van der Waals surface area contributed by atoms with Gasteiger partial charge in [0.15, 0.2) is 0 Å². The van der Waals surface area contributed by atoms with Gasteiger partial charge in [-0.05, 0) is 73.9 Å². The van der Waals surface area contributed by atoms with Crippen LogP contribution in [0.3, 0.4) is 0 Å². The third-order valence-corrected chi connectivity index (χ3v) is 11.5. The van der Waals surface area contributed by atoms with Crippen molar-refractivity contribution in [2.24, 2.45) is 0 Å². The number of hydrogen-bond donors (Lipinski definition) is 0. The monoisotopic (exact) mass is 596 g/mol. The Hall–Kier alpha value is -2.56. The zero-order chi connectivity index (χ0) is 27.9. The molecule has 2 aliphatic rings. The molecule has 0 radical (unpaired) electrons. The van der Waals surface area contributed by atoms with Crippen molar-refractivity contribution in [3.8, 4) is 5.75 Å². The first-order chi connectivity index (χ1) is 19.3. The van der Waals surface area contributed by atoms with Gasteiger partial charge in [-0.2, -0.15) is 4.31 Å². The fourth-order valence-corrected chi connectivity index (χ4v) is 8.86. The van der Waals surface area contributed by atoms with Gasteiger partial charge in [-0.15, -0.1) is 11.3 Å². The predicted octanol–water partition coefficient (Wildman–Crippen LogP) is 5.83. The number of aryl methyl sites for hydroxylation is 2. The average molecular weight is 597 g/mol. The van der Waals surface area contributed by atoms with E-state index < -0.39 is 10.0 Å². The number of benzene rings is 2. The zero-order valence-corrected chi connectivity index (χ0v) is 25.2. The van der Waals surface area contributed by atoms with E-state index in [-0.39, 0.29) is 0 Å². The van der Waals surface area contributed by atoms with Gasteiger partial charge in [0.1, 0.15) is 16.4 Å². The van der Waals surface area contributed by atoms with Crippen LogP contribution in [0.4, 0.5) is 0 Å². The highest BCUT2D eigenvalue weighted by atomic mass is 35.5. The van der Waals surface area contributed by atoms with Crippen LogP contribution in [0.1, 0.15) is 46.2 Å². The van der Waals surface area contributed by atoms with Gasteiger partial charge in [-0.25, -0.2) is 18.4 Å². The molecule has 0 N–H and O–H groups in total. The number of methoxy groups -OCH3 is 1. The molecule has 7 nitrogen and oxygen atoms in total. The first-order valence-electron chi connectivity index (χ1n) is 13.7. The summed E-state index contributed by atoms with van der Waals surface area (Å²) < 4.78 is 33.0. The Balaban J connectivity index is 1.14. The van der Waals surface area contributed by atoms with Crippen LogP contribution in [0.2, 0.25) is 5.02 Å². The van der Waals surface area contributed by atoms with E-state index in [0.29, 0.717) is 54.3 Å². The summed E-state index contributed by atoms with van der Waals surface area (Å²) >= 11 is 8.20. The van der Waals surface area contributed by atoms with Gasteiger partial charge >= 0.3 is 0 Å². The maximum absolute atomic E-state index is 13.1. The highest BCUT2D eigenvalue weighted by Gasteiger charge is 2.29. The summed E-state index contributed by atoms with van der Waals surface area (Å²) in [6.07, 6.45) is 6.32. The highest BCUT2D eigenvalue weighted by molar-refractivity contribution is 7.89.